The average molecular weight is 376 g/mol. The Kier molecular flexibility index (Phi) is 6.58. The second-order valence-electron chi connectivity index (χ2n) is 5.97. The minimum absolute atomic E-state index is 0.00200. The van der Waals surface area contributed by atoms with Crippen molar-refractivity contribution < 1.29 is 9.90 Å². The van der Waals surface area contributed by atoms with Gasteiger partial charge < -0.3 is 10.4 Å². The van der Waals surface area contributed by atoms with Gasteiger partial charge in [-0.15, -0.1) is 0 Å². The Morgan fingerprint density at radius 3 is 2.84 bits per heavy atom. The summed E-state index contributed by atoms with van der Waals surface area (Å²) in [6, 6.07) is 6.78. The number of carbonyl (C=O) groups excluding carboxylic acids is 1. The molecule has 2 heterocycles. The van der Waals surface area contributed by atoms with Gasteiger partial charge in [0.1, 0.15) is 5.75 Å². The summed E-state index contributed by atoms with van der Waals surface area (Å²) in [5.74, 6) is 1.95. The summed E-state index contributed by atoms with van der Waals surface area (Å²) >= 11 is 0. The van der Waals surface area contributed by atoms with E-state index >= 15 is 0 Å². The molecule has 132 valence electrons. The number of anilines is 1. The van der Waals surface area contributed by atoms with Gasteiger partial charge in [-0.3, -0.25) is 4.79 Å². The summed E-state index contributed by atoms with van der Waals surface area (Å²) in [4.78, 5) is 20.5. The van der Waals surface area contributed by atoms with Gasteiger partial charge in [0.05, 0.1) is 18.1 Å². The monoisotopic (exact) mass is 375 g/mol. The number of nitrogens with zero attached hydrogens (tertiary/aromatic N) is 2. The van der Waals surface area contributed by atoms with Crippen LogP contribution in [-0.4, -0.2) is 32.0 Å². The molecule has 25 heavy (non-hydrogen) atoms. The smallest absolute Gasteiger partial charge is 0.224 e. The van der Waals surface area contributed by atoms with E-state index in [1.165, 1.54) is 18.6 Å². The lowest BCUT2D eigenvalue weighted by Crippen LogP contribution is -2.12. The molecule has 1 amide bonds. The van der Waals surface area contributed by atoms with Gasteiger partial charge in [-0.2, -0.15) is 0 Å². The maximum Gasteiger partial charge on any atom is 0.224 e. The number of hydrogen-bond donors (Lipinski definition) is 2. The molecule has 1 saturated heterocycles. The van der Waals surface area contributed by atoms with Gasteiger partial charge in [0.15, 0.2) is 5.82 Å². The second kappa shape index (κ2) is 9.10. The van der Waals surface area contributed by atoms with Crippen LogP contribution in [0.3, 0.4) is 0 Å². The summed E-state index contributed by atoms with van der Waals surface area (Å²) in [5, 5.41) is 13.1. The summed E-state index contributed by atoms with van der Waals surface area (Å²) in [5.41, 5.74) is 1.33. The van der Waals surface area contributed by atoms with Crippen molar-refractivity contribution in [1.82, 2.24) is 9.97 Å². The largest absolute Gasteiger partial charge is 0.508 e. The first-order valence-electron chi connectivity index (χ1n) is 8.40. The summed E-state index contributed by atoms with van der Waals surface area (Å²) < 4.78 is 0. The summed E-state index contributed by atoms with van der Waals surface area (Å²) in [6.45, 7) is 0. The van der Waals surface area contributed by atoms with Crippen LogP contribution in [0.4, 0.5) is 5.69 Å². The molecule has 3 rings (SSSR count). The normalized spacial score (nSPS) is 16.7. The molecular weight excluding hydrogens is 354 g/mol. The lowest BCUT2D eigenvalue weighted by Gasteiger charge is -2.08. The molecule has 7 heteroatoms. The molecule has 1 unspecified atom stereocenters. The van der Waals surface area contributed by atoms with Crippen LogP contribution < -0.4 is 5.32 Å². The molecule has 1 aliphatic heterocycles. The van der Waals surface area contributed by atoms with Crippen LogP contribution >= 0.6 is 21.6 Å². The van der Waals surface area contributed by atoms with E-state index in [1.807, 2.05) is 27.7 Å². The van der Waals surface area contributed by atoms with E-state index in [0.717, 1.165) is 23.7 Å². The standard InChI is InChI=1S/C18H21N3O2S2/c22-15-5-3-4-13(10-15)18-19-11-14(12-20-18)21-17(23)7-2-1-6-16-8-9-24-25-16/h3-5,10-12,16,22H,1-2,6-9H2,(H,21,23). The number of unbranched alkanes of at least 4 members (excludes halogenated alkanes) is 1. The van der Waals surface area contributed by atoms with E-state index in [9.17, 15) is 9.90 Å². The Morgan fingerprint density at radius 1 is 1.28 bits per heavy atom. The number of rotatable bonds is 7. The molecule has 5 nitrogen and oxygen atoms in total. The van der Waals surface area contributed by atoms with Gasteiger partial charge in [-0.05, 0) is 31.4 Å². The van der Waals surface area contributed by atoms with Crippen molar-refractivity contribution in [2.45, 2.75) is 37.4 Å². The van der Waals surface area contributed by atoms with Crippen LogP contribution in [0.1, 0.15) is 32.1 Å². The van der Waals surface area contributed by atoms with Crippen molar-refractivity contribution in [3.63, 3.8) is 0 Å². The van der Waals surface area contributed by atoms with Crippen molar-refractivity contribution in [3.8, 4) is 17.1 Å². The number of phenolic OH excluding ortho intramolecular Hbond substituents is 1. The van der Waals surface area contributed by atoms with Gasteiger partial charge in [-0.1, -0.05) is 40.1 Å². The highest BCUT2D eigenvalue weighted by Gasteiger charge is 2.15. The quantitative estimate of drug-likeness (QED) is 0.548. The van der Waals surface area contributed by atoms with Crippen LogP contribution in [0, 0.1) is 0 Å². The first-order chi connectivity index (χ1) is 12.2. The lowest BCUT2D eigenvalue weighted by atomic mass is 10.1. The summed E-state index contributed by atoms with van der Waals surface area (Å²) in [6.07, 6.45) is 8.22. The predicted octanol–water partition coefficient (Wildman–Crippen LogP) is 4.50. The molecule has 2 N–H and O–H groups in total. The Labute approximate surface area is 155 Å². The number of phenols is 1. The molecule has 1 fully saturated rings. The molecule has 0 bridgehead atoms. The highest BCUT2D eigenvalue weighted by molar-refractivity contribution is 8.77. The zero-order chi connectivity index (χ0) is 17.5. The van der Waals surface area contributed by atoms with Gasteiger partial charge in [-0.25, -0.2) is 9.97 Å². The van der Waals surface area contributed by atoms with Crippen molar-refractivity contribution >= 4 is 33.2 Å². The third kappa shape index (κ3) is 5.64. The molecule has 2 aromatic rings. The highest BCUT2D eigenvalue weighted by Crippen LogP contribution is 2.39. The van der Waals surface area contributed by atoms with E-state index in [4.69, 9.17) is 0 Å². The molecule has 0 aliphatic carbocycles. The molecule has 0 saturated carbocycles. The van der Waals surface area contributed by atoms with Gasteiger partial charge >= 0.3 is 0 Å². The number of aromatic nitrogens is 2. The van der Waals surface area contributed by atoms with Crippen molar-refractivity contribution in [3.05, 3.63) is 36.7 Å². The first kappa shape index (κ1) is 18.1. The van der Waals surface area contributed by atoms with E-state index in [2.05, 4.69) is 15.3 Å². The number of hydrogen-bond acceptors (Lipinski definition) is 6. The molecule has 1 aromatic heterocycles. The fourth-order valence-corrected chi connectivity index (χ4v) is 5.66. The number of amides is 1. The summed E-state index contributed by atoms with van der Waals surface area (Å²) in [7, 11) is 3.95. The van der Waals surface area contributed by atoms with E-state index < -0.39 is 0 Å². The Hall–Kier alpha value is -1.73. The molecule has 1 atom stereocenters. The minimum Gasteiger partial charge on any atom is -0.508 e. The number of carbonyl (C=O) groups is 1. The van der Waals surface area contributed by atoms with Crippen LogP contribution in [0.25, 0.3) is 11.4 Å². The molecule has 1 aromatic carbocycles. The maximum atomic E-state index is 12.0. The Bertz CT molecular complexity index is 704. The number of aromatic hydroxyl groups is 1. The Morgan fingerprint density at radius 2 is 2.12 bits per heavy atom. The van der Waals surface area contributed by atoms with E-state index in [-0.39, 0.29) is 11.7 Å². The van der Waals surface area contributed by atoms with Crippen molar-refractivity contribution in [1.29, 1.82) is 0 Å². The second-order valence-corrected chi connectivity index (χ2v) is 8.76. The third-order valence-corrected chi connectivity index (χ3v) is 6.95. The van der Waals surface area contributed by atoms with E-state index in [1.54, 1.807) is 30.6 Å². The van der Waals surface area contributed by atoms with Crippen LogP contribution in [0.5, 0.6) is 5.75 Å². The Balaban J connectivity index is 1.43. The molecule has 0 spiro atoms. The number of nitrogens with one attached hydrogen (secondary N) is 1. The molecule has 1 aliphatic rings. The average Bonchev–Trinajstić information content (AvgIpc) is 3.13. The van der Waals surface area contributed by atoms with Crippen LogP contribution in [0.15, 0.2) is 36.7 Å². The minimum atomic E-state index is 0.00200. The zero-order valence-corrected chi connectivity index (χ0v) is 15.5. The molecule has 0 radical (unpaired) electrons. The maximum absolute atomic E-state index is 12.0. The highest BCUT2D eigenvalue weighted by atomic mass is 33.1. The van der Waals surface area contributed by atoms with Crippen LogP contribution in [0.2, 0.25) is 0 Å². The van der Waals surface area contributed by atoms with Gasteiger partial charge in [0.25, 0.3) is 0 Å². The van der Waals surface area contributed by atoms with Gasteiger partial charge in [0, 0.05) is 23.0 Å². The van der Waals surface area contributed by atoms with Crippen molar-refractivity contribution in [2.24, 2.45) is 0 Å². The van der Waals surface area contributed by atoms with E-state index in [0.29, 0.717) is 17.9 Å². The lowest BCUT2D eigenvalue weighted by molar-refractivity contribution is -0.116. The fourth-order valence-electron chi connectivity index (χ4n) is 2.63. The topological polar surface area (TPSA) is 75.1 Å². The molecular formula is C18H21N3O2S2. The number of benzene rings is 1. The zero-order valence-electron chi connectivity index (χ0n) is 13.9. The SMILES string of the molecule is O=C(CCCCC1CCSS1)Nc1cnc(-c2cccc(O)c2)nc1. The fraction of sp³-hybridized carbons (Fsp3) is 0.389. The van der Waals surface area contributed by atoms with Gasteiger partial charge in [0.2, 0.25) is 5.91 Å². The predicted molar refractivity (Wildman–Crippen MR) is 105 cm³/mol. The first-order valence-corrected chi connectivity index (χ1v) is 10.8. The third-order valence-electron chi connectivity index (χ3n) is 3.95. The van der Waals surface area contributed by atoms with Crippen molar-refractivity contribution in [2.75, 3.05) is 11.1 Å². The van der Waals surface area contributed by atoms with Crippen LogP contribution in [-0.2, 0) is 4.79 Å².